The first kappa shape index (κ1) is 88.2. The maximum absolute atomic E-state index is 4.75. The second-order valence-electron chi connectivity index (χ2n) is 29.1. The summed E-state index contributed by atoms with van der Waals surface area (Å²) in [5.74, 6) is 0. The van der Waals surface area contributed by atoms with Gasteiger partial charge in [-0.25, -0.2) is 0 Å². The first-order valence-corrected chi connectivity index (χ1v) is 27.2. The predicted molar refractivity (Wildman–Crippen MR) is 301 cm³/mol. The number of aryl methyl sites for hydroxylation is 1. The molecule has 0 amide bonds. The van der Waals surface area contributed by atoms with Crippen LogP contribution in [0.25, 0.3) is 31.9 Å². The van der Waals surface area contributed by atoms with Crippen molar-refractivity contribution in [2.45, 2.75) is 355 Å². The largest absolute Gasteiger partial charge is 2.00 e. The molecular formula is C61H114Mn2N6Na4. The van der Waals surface area contributed by atoms with Gasteiger partial charge in [0.15, 0.2) is 0 Å². The van der Waals surface area contributed by atoms with Gasteiger partial charge in [0.2, 0.25) is 0 Å². The third-order valence-electron chi connectivity index (χ3n) is 13.9. The minimum absolute atomic E-state index is 0. The van der Waals surface area contributed by atoms with E-state index in [9.17, 15) is 0 Å². The van der Waals surface area contributed by atoms with Gasteiger partial charge < -0.3 is 50.1 Å². The Morgan fingerprint density at radius 1 is 0.260 bits per heavy atom. The van der Waals surface area contributed by atoms with Crippen LogP contribution in [0.5, 0.6) is 0 Å². The first-order chi connectivity index (χ1) is 29.9. The summed E-state index contributed by atoms with van der Waals surface area (Å²) in [4.78, 5) is 0. The third-order valence-corrected chi connectivity index (χ3v) is 13.9. The van der Waals surface area contributed by atoms with Gasteiger partial charge in [-0.3, -0.25) is 17.7 Å². The molecule has 1 aromatic rings. The van der Waals surface area contributed by atoms with E-state index in [2.05, 4.69) is 178 Å². The molecule has 0 spiro atoms. The molecule has 0 unspecified atom stereocenters. The summed E-state index contributed by atoms with van der Waals surface area (Å²) < 4.78 is 0. The van der Waals surface area contributed by atoms with Crippen molar-refractivity contribution < 1.29 is 152 Å². The molecule has 12 heteroatoms. The molecular weight excluding hydrogens is 1020 g/mol. The van der Waals surface area contributed by atoms with Crippen molar-refractivity contribution in [3.63, 3.8) is 0 Å². The predicted octanol–water partition coefficient (Wildman–Crippen LogP) is 8.21. The van der Waals surface area contributed by atoms with Gasteiger partial charge in [0.25, 0.3) is 0 Å². The Bertz CT molecular complexity index is 1230. The number of rotatable bonds is 0. The summed E-state index contributed by atoms with van der Waals surface area (Å²) in [6, 6.07) is 11.4. The Balaban J connectivity index is -0.000000177. The zero-order valence-corrected chi connectivity index (χ0v) is 64.8. The zero-order chi connectivity index (χ0) is 52.1. The van der Waals surface area contributed by atoms with Crippen molar-refractivity contribution >= 4 is 0 Å². The molecule has 6 aliphatic heterocycles. The van der Waals surface area contributed by atoms with E-state index in [4.69, 9.17) is 31.9 Å². The number of hydrogen-bond acceptors (Lipinski definition) is 0. The molecule has 0 atom stereocenters. The van der Waals surface area contributed by atoms with Gasteiger partial charge in [-0.1, -0.05) is 282 Å². The molecule has 406 valence electrons. The van der Waals surface area contributed by atoms with Crippen LogP contribution in [-0.4, -0.2) is 66.5 Å². The van der Waals surface area contributed by atoms with Crippen molar-refractivity contribution in [1.29, 1.82) is 0 Å². The summed E-state index contributed by atoms with van der Waals surface area (Å²) in [5.41, 5.74) is 4.06. The van der Waals surface area contributed by atoms with E-state index in [0.29, 0.717) is 0 Å². The number of hydrogen-bond donors (Lipinski definition) is 0. The van der Waals surface area contributed by atoms with Gasteiger partial charge in [0.05, 0.1) is 0 Å². The molecule has 1 aromatic carbocycles. The van der Waals surface area contributed by atoms with Crippen LogP contribution in [0.1, 0.15) is 287 Å². The van der Waals surface area contributed by atoms with Gasteiger partial charge in [0, 0.05) is 0 Å². The molecule has 0 saturated carbocycles. The average Bonchev–Trinajstić information content (AvgIpc) is 3.04. The summed E-state index contributed by atoms with van der Waals surface area (Å²) >= 11 is 0. The topological polar surface area (TPSA) is 84.6 Å². The van der Waals surface area contributed by atoms with Crippen LogP contribution in [0.2, 0.25) is 0 Å². The molecule has 0 aromatic heterocycles. The third kappa shape index (κ3) is 45.2. The van der Waals surface area contributed by atoms with Crippen molar-refractivity contribution in [1.82, 2.24) is 0 Å². The van der Waals surface area contributed by atoms with E-state index in [0.717, 1.165) is 0 Å². The number of benzene rings is 1. The second-order valence-corrected chi connectivity index (χ2v) is 29.1. The van der Waals surface area contributed by atoms with Crippen LogP contribution in [-0.2, 0) is 34.1 Å². The normalized spacial score (nSPS) is 25.5. The summed E-state index contributed by atoms with van der Waals surface area (Å²) in [7, 11) is 0. The van der Waals surface area contributed by atoms with Crippen LogP contribution < -0.4 is 118 Å². The van der Waals surface area contributed by atoms with Crippen molar-refractivity contribution in [3.05, 3.63) is 67.8 Å². The van der Waals surface area contributed by atoms with Crippen LogP contribution >= 0.6 is 0 Å². The number of piperidine rings is 6. The molecule has 6 nitrogen and oxygen atoms in total. The Labute approximate surface area is 568 Å². The van der Waals surface area contributed by atoms with Crippen molar-refractivity contribution in [2.24, 2.45) is 0 Å². The van der Waals surface area contributed by atoms with Crippen molar-refractivity contribution in [3.8, 4) is 0 Å². The molecule has 6 fully saturated rings. The molecule has 6 saturated heterocycles. The zero-order valence-electron chi connectivity index (χ0n) is 54.4. The molecule has 2 radical (unpaired) electrons. The Hall–Kier alpha value is 4.02. The number of nitrogens with zero attached hydrogens (tertiary/aromatic N) is 6. The molecule has 0 aliphatic carbocycles. The van der Waals surface area contributed by atoms with Gasteiger partial charge in [-0.2, -0.15) is 0 Å². The van der Waals surface area contributed by atoms with Gasteiger partial charge in [-0.05, 0) is 0 Å². The molecule has 73 heavy (non-hydrogen) atoms. The molecule has 7 rings (SSSR count). The fraction of sp³-hybridized carbons (Fsp3) is 0.902. The summed E-state index contributed by atoms with van der Waals surface area (Å²) in [6.45, 7) is 55.5. The first-order valence-electron chi connectivity index (χ1n) is 27.2. The Kier molecular flexibility index (Phi) is 44.3. The smallest absolute Gasteiger partial charge is 0.652 e. The van der Waals surface area contributed by atoms with E-state index in [1.165, 1.54) is 121 Å². The van der Waals surface area contributed by atoms with Gasteiger partial charge in [-0.15, -0.1) is 73.4 Å². The van der Waals surface area contributed by atoms with E-state index in [-0.39, 0.29) is 219 Å². The molecule has 6 aliphatic rings. The van der Waals surface area contributed by atoms with E-state index in [1.54, 1.807) is 6.07 Å². The van der Waals surface area contributed by atoms with Gasteiger partial charge >= 0.3 is 152 Å². The standard InChI is InChI=1S/6C9H18N.C7H6.2Mn.4Na/c6*1-8(2)6-5-7-9(3,4)10-8;1-7-5-3-2-4-6-7;;;;;;/h6*5-7H2,1-4H3;2,5-6H,1H3;;;;;;/q6*-1;-2;2*+2;4*+1. The SMILES string of the molecule is CC1(C)CCCC(C)(C)[N-]1.CC1(C)CCCC(C)(C)[N-]1.CC1(C)CCCC(C)(C)[N-]1.CC1(C)CCCC(C)(C)[N-]1.CC1(C)CCCC(C)(C)[N-]1.CC1(C)CCCC(C)(C)[N-]1.Cc1c[c-]c[c-]c1.[Mn+2].[Mn+2].[Na+].[Na+].[Na+].[Na+]. The fourth-order valence-electron chi connectivity index (χ4n) is 11.7. The Morgan fingerprint density at radius 3 is 0.425 bits per heavy atom. The van der Waals surface area contributed by atoms with E-state index in [1.807, 2.05) is 19.1 Å². The van der Waals surface area contributed by atoms with Gasteiger partial charge in [0.1, 0.15) is 0 Å². The average molecular weight is 1130 g/mol. The van der Waals surface area contributed by atoms with Crippen LogP contribution in [0, 0.1) is 19.1 Å². The van der Waals surface area contributed by atoms with E-state index < -0.39 is 0 Å². The van der Waals surface area contributed by atoms with Crippen molar-refractivity contribution in [2.75, 3.05) is 0 Å². The molecule has 0 N–H and O–H groups in total. The van der Waals surface area contributed by atoms with Crippen LogP contribution in [0.3, 0.4) is 0 Å². The maximum atomic E-state index is 4.75. The Morgan fingerprint density at radius 2 is 0.370 bits per heavy atom. The van der Waals surface area contributed by atoms with E-state index >= 15 is 0 Å². The second kappa shape index (κ2) is 36.7. The quantitative estimate of drug-likeness (QED) is 0.186. The fourth-order valence-corrected chi connectivity index (χ4v) is 11.7. The van der Waals surface area contributed by atoms with Crippen LogP contribution in [0.15, 0.2) is 18.2 Å². The minimum Gasteiger partial charge on any atom is -0.652 e. The molecule has 6 heterocycles. The molecule has 0 bridgehead atoms. The monoisotopic (exact) mass is 1130 g/mol. The van der Waals surface area contributed by atoms with Crippen LogP contribution in [0.4, 0.5) is 0 Å². The maximum Gasteiger partial charge on any atom is 2.00 e. The minimum atomic E-state index is 0. The summed E-state index contributed by atoms with van der Waals surface area (Å²) in [5, 5.41) is 28.5. The summed E-state index contributed by atoms with van der Waals surface area (Å²) in [6.07, 6.45) is 23.1.